The zero-order valence-corrected chi connectivity index (χ0v) is 10.7. The van der Waals surface area contributed by atoms with E-state index in [-0.39, 0.29) is 23.3 Å². The van der Waals surface area contributed by atoms with Crippen LogP contribution in [0.1, 0.15) is 33.2 Å². The predicted octanol–water partition coefficient (Wildman–Crippen LogP) is 2.42. The highest BCUT2D eigenvalue weighted by atomic mass is 79.9. The van der Waals surface area contributed by atoms with E-state index in [0.29, 0.717) is 5.56 Å². The third-order valence-corrected chi connectivity index (χ3v) is 2.67. The summed E-state index contributed by atoms with van der Waals surface area (Å²) in [6, 6.07) is 6.42. The van der Waals surface area contributed by atoms with Crippen LogP contribution in [-0.2, 0) is 6.42 Å². The molecule has 17 heavy (non-hydrogen) atoms. The Hall–Kier alpha value is -1.67. The number of Topliss-reactive ketones (excluding diaryl/α,β-unsaturated/α-hetero) is 1. The fourth-order valence-electron chi connectivity index (χ4n) is 1.50. The highest BCUT2D eigenvalue weighted by molar-refractivity contribution is 9.10. The molecule has 0 bridgehead atoms. The van der Waals surface area contributed by atoms with Crippen LogP contribution in [0, 0.1) is 11.3 Å². The summed E-state index contributed by atoms with van der Waals surface area (Å²) in [6.45, 7) is 1.62. The van der Waals surface area contributed by atoms with Gasteiger partial charge in [-0.2, -0.15) is 5.26 Å². The minimum atomic E-state index is -1.17. The number of halogens is 1. The minimum Gasteiger partial charge on any atom is -0.478 e. The van der Waals surface area contributed by atoms with Crippen molar-refractivity contribution < 1.29 is 14.7 Å². The van der Waals surface area contributed by atoms with Crippen LogP contribution in [0.2, 0.25) is 0 Å². The Kier molecular flexibility index (Phi) is 4.41. The SMILES string of the molecule is CC(Br)C(=O)c1c(CC#N)cccc1C(=O)O. The number of hydrogen-bond donors (Lipinski definition) is 1. The maximum atomic E-state index is 11.9. The molecule has 0 fully saturated rings. The van der Waals surface area contributed by atoms with Crippen molar-refractivity contribution in [3.05, 3.63) is 34.9 Å². The zero-order chi connectivity index (χ0) is 13.0. The molecule has 0 aromatic heterocycles. The molecular formula is C12H10BrNO3. The fourth-order valence-corrected chi connectivity index (χ4v) is 1.73. The second-order valence-electron chi connectivity index (χ2n) is 3.46. The van der Waals surface area contributed by atoms with E-state index in [1.807, 2.05) is 6.07 Å². The first kappa shape index (κ1) is 13.4. The van der Waals surface area contributed by atoms with Gasteiger partial charge in [0.05, 0.1) is 22.9 Å². The molecule has 1 aromatic rings. The summed E-state index contributed by atoms with van der Waals surface area (Å²) >= 11 is 3.12. The molecule has 0 spiro atoms. The molecule has 5 heteroatoms. The van der Waals surface area contributed by atoms with Gasteiger partial charge < -0.3 is 5.11 Å². The zero-order valence-electron chi connectivity index (χ0n) is 9.11. The van der Waals surface area contributed by atoms with Gasteiger partial charge in [0.25, 0.3) is 0 Å². The third kappa shape index (κ3) is 2.92. The number of nitriles is 1. The van der Waals surface area contributed by atoms with Crippen molar-refractivity contribution in [2.75, 3.05) is 0 Å². The number of alkyl halides is 1. The van der Waals surface area contributed by atoms with Gasteiger partial charge in [-0.05, 0) is 18.6 Å². The van der Waals surface area contributed by atoms with E-state index in [1.165, 1.54) is 12.1 Å². The molecule has 1 N–H and O–H groups in total. The Morgan fingerprint density at radius 1 is 1.53 bits per heavy atom. The topological polar surface area (TPSA) is 78.2 Å². The highest BCUT2D eigenvalue weighted by Gasteiger charge is 2.22. The quantitative estimate of drug-likeness (QED) is 0.683. The first-order chi connectivity index (χ1) is 7.99. The lowest BCUT2D eigenvalue weighted by Crippen LogP contribution is -2.17. The van der Waals surface area contributed by atoms with Gasteiger partial charge in [0.15, 0.2) is 5.78 Å². The summed E-state index contributed by atoms with van der Waals surface area (Å²) in [6.07, 6.45) is 0.0158. The molecule has 1 atom stereocenters. The van der Waals surface area contributed by atoms with Gasteiger partial charge in [0, 0.05) is 5.56 Å². The number of nitrogens with zero attached hydrogens (tertiary/aromatic N) is 1. The van der Waals surface area contributed by atoms with Crippen molar-refractivity contribution in [3.63, 3.8) is 0 Å². The largest absolute Gasteiger partial charge is 0.478 e. The van der Waals surface area contributed by atoms with Gasteiger partial charge in [0.1, 0.15) is 0 Å². The molecule has 1 unspecified atom stereocenters. The number of ketones is 1. The highest BCUT2D eigenvalue weighted by Crippen LogP contribution is 2.20. The Morgan fingerprint density at radius 2 is 2.18 bits per heavy atom. The Morgan fingerprint density at radius 3 is 2.65 bits per heavy atom. The van der Waals surface area contributed by atoms with Crippen molar-refractivity contribution in [2.24, 2.45) is 0 Å². The van der Waals surface area contributed by atoms with Crippen molar-refractivity contribution >= 4 is 27.7 Å². The number of aromatic carboxylic acids is 1. The van der Waals surface area contributed by atoms with Crippen molar-refractivity contribution in [2.45, 2.75) is 18.2 Å². The first-order valence-corrected chi connectivity index (χ1v) is 5.81. The van der Waals surface area contributed by atoms with E-state index < -0.39 is 10.8 Å². The lowest BCUT2D eigenvalue weighted by Gasteiger charge is -2.10. The number of benzene rings is 1. The van der Waals surface area contributed by atoms with Gasteiger partial charge in [-0.25, -0.2) is 4.79 Å². The number of rotatable bonds is 4. The monoisotopic (exact) mass is 295 g/mol. The van der Waals surface area contributed by atoms with Gasteiger partial charge in [-0.15, -0.1) is 0 Å². The van der Waals surface area contributed by atoms with Gasteiger partial charge in [-0.1, -0.05) is 28.1 Å². The second-order valence-corrected chi connectivity index (χ2v) is 4.83. The third-order valence-electron chi connectivity index (χ3n) is 2.26. The second kappa shape index (κ2) is 5.60. The first-order valence-electron chi connectivity index (χ1n) is 4.89. The molecule has 0 aliphatic rings. The molecule has 0 aliphatic carbocycles. The van der Waals surface area contributed by atoms with E-state index in [4.69, 9.17) is 10.4 Å². The van der Waals surface area contributed by atoms with Crippen LogP contribution in [0.4, 0.5) is 0 Å². The number of carboxylic acid groups (broad SMARTS) is 1. The lowest BCUT2D eigenvalue weighted by atomic mass is 9.94. The Labute approximate surface area is 107 Å². The Balaban J connectivity index is 3.44. The van der Waals surface area contributed by atoms with Crippen molar-refractivity contribution in [1.82, 2.24) is 0 Å². The van der Waals surface area contributed by atoms with E-state index in [2.05, 4.69) is 15.9 Å². The fraction of sp³-hybridized carbons (Fsp3) is 0.250. The summed E-state index contributed by atoms with van der Waals surface area (Å²) in [5.41, 5.74) is 0.503. The maximum absolute atomic E-state index is 11.9. The summed E-state index contributed by atoms with van der Waals surface area (Å²) in [5, 5.41) is 17.7. The summed E-state index contributed by atoms with van der Waals surface area (Å²) < 4.78 is 0. The number of hydrogen-bond acceptors (Lipinski definition) is 3. The maximum Gasteiger partial charge on any atom is 0.336 e. The molecule has 0 aliphatic heterocycles. The van der Waals surface area contributed by atoms with Crippen LogP contribution in [-0.4, -0.2) is 21.7 Å². The smallest absolute Gasteiger partial charge is 0.336 e. The molecule has 0 saturated heterocycles. The lowest BCUT2D eigenvalue weighted by molar-refractivity contribution is 0.0692. The van der Waals surface area contributed by atoms with Crippen LogP contribution in [0.3, 0.4) is 0 Å². The Bertz CT molecular complexity index is 503. The van der Waals surface area contributed by atoms with Crippen LogP contribution in [0.5, 0.6) is 0 Å². The summed E-state index contributed by atoms with van der Waals surface area (Å²) in [7, 11) is 0. The van der Waals surface area contributed by atoms with E-state index in [9.17, 15) is 9.59 Å². The molecule has 0 heterocycles. The van der Waals surface area contributed by atoms with Crippen LogP contribution >= 0.6 is 15.9 Å². The molecule has 0 radical (unpaired) electrons. The van der Waals surface area contributed by atoms with E-state index in [0.717, 1.165) is 0 Å². The minimum absolute atomic E-state index is 0.0158. The van der Waals surface area contributed by atoms with Gasteiger partial charge in [0.2, 0.25) is 0 Å². The molecule has 1 rings (SSSR count). The van der Waals surface area contributed by atoms with E-state index in [1.54, 1.807) is 13.0 Å². The average Bonchev–Trinajstić information content (AvgIpc) is 2.28. The van der Waals surface area contributed by atoms with Gasteiger partial charge >= 0.3 is 5.97 Å². The van der Waals surface area contributed by atoms with Crippen LogP contribution in [0.25, 0.3) is 0 Å². The number of carbonyl (C=O) groups excluding carboxylic acids is 1. The average molecular weight is 296 g/mol. The molecule has 0 saturated carbocycles. The van der Waals surface area contributed by atoms with Crippen LogP contribution < -0.4 is 0 Å². The summed E-state index contributed by atoms with van der Waals surface area (Å²) in [5.74, 6) is -1.49. The molecule has 1 aromatic carbocycles. The van der Waals surface area contributed by atoms with E-state index >= 15 is 0 Å². The van der Waals surface area contributed by atoms with Crippen molar-refractivity contribution in [1.29, 1.82) is 5.26 Å². The normalized spacial score (nSPS) is 11.6. The standard InChI is InChI=1S/C12H10BrNO3/c1-7(13)11(15)10-8(5-6-14)3-2-4-9(10)12(16)17/h2-4,7H,5H2,1H3,(H,16,17). The molecule has 0 amide bonds. The molecular weight excluding hydrogens is 286 g/mol. The molecule has 88 valence electrons. The number of carboxylic acids is 1. The van der Waals surface area contributed by atoms with Crippen LogP contribution in [0.15, 0.2) is 18.2 Å². The van der Waals surface area contributed by atoms with Crippen molar-refractivity contribution in [3.8, 4) is 6.07 Å². The predicted molar refractivity (Wildman–Crippen MR) is 65.4 cm³/mol. The molecule has 4 nitrogen and oxygen atoms in total. The van der Waals surface area contributed by atoms with Gasteiger partial charge in [-0.3, -0.25) is 4.79 Å². The number of carbonyl (C=O) groups is 2. The summed E-state index contributed by atoms with van der Waals surface area (Å²) in [4.78, 5) is 22.5.